The topological polar surface area (TPSA) is 53.1 Å². The Morgan fingerprint density at radius 3 is 2.68 bits per heavy atom. The van der Waals surface area contributed by atoms with E-state index in [1.807, 2.05) is 36.0 Å². The molecule has 0 fully saturated rings. The van der Waals surface area contributed by atoms with E-state index in [0.29, 0.717) is 5.92 Å². The number of rotatable bonds is 4. The summed E-state index contributed by atoms with van der Waals surface area (Å²) in [5.74, 6) is 1.17. The molecule has 0 radical (unpaired) electrons. The number of benzene rings is 1. The molecule has 0 aliphatic carbocycles. The fourth-order valence-corrected chi connectivity index (χ4v) is 2.80. The number of nitrogens with two attached hydrogens (primary N) is 1. The zero-order valence-electron chi connectivity index (χ0n) is 11.7. The Hall–Kier alpha value is -1.62. The highest BCUT2D eigenvalue weighted by molar-refractivity contribution is 7.99. The molecule has 19 heavy (non-hydrogen) atoms. The van der Waals surface area contributed by atoms with Crippen molar-refractivity contribution in [1.29, 1.82) is 0 Å². The van der Waals surface area contributed by atoms with Crippen molar-refractivity contribution >= 4 is 17.4 Å². The van der Waals surface area contributed by atoms with Gasteiger partial charge in [-0.15, -0.1) is 0 Å². The molecule has 1 heterocycles. The van der Waals surface area contributed by atoms with Gasteiger partial charge in [-0.2, -0.15) is 5.10 Å². The van der Waals surface area contributed by atoms with Crippen molar-refractivity contribution in [1.82, 2.24) is 9.78 Å². The molecule has 2 aromatic rings. The molecule has 0 unspecified atom stereocenters. The normalized spacial score (nSPS) is 11.0. The number of anilines is 1. The van der Waals surface area contributed by atoms with Gasteiger partial charge in [0.2, 0.25) is 0 Å². The SMILES string of the molecule is COc1cccc(Sc2c(N)c(C(C)C)nn2C)c1. The van der Waals surface area contributed by atoms with E-state index in [1.54, 1.807) is 18.9 Å². The lowest BCUT2D eigenvalue weighted by Gasteiger charge is -2.05. The standard InChI is InChI=1S/C14H19N3OS/c1-9(2)13-12(15)14(17(3)16-13)19-11-7-5-6-10(8-11)18-4/h5-9H,15H2,1-4H3. The minimum Gasteiger partial charge on any atom is -0.497 e. The average molecular weight is 277 g/mol. The minimum absolute atomic E-state index is 0.325. The molecule has 2 N–H and O–H groups in total. The van der Waals surface area contributed by atoms with Crippen LogP contribution in [0.25, 0.3) is 0 Å². The average Bonchev–Trinajstić information content (AvgIpc) is 2.67. The van der Waals surface area contributed by atoms with Crippen molar-refractivity contribution in [3.05, 3.63) is 30.0 Å². The summed E-state index contributed by atoms with van der Waals surface area (Å²) in [4.78, 5) is 1.09. The summed E-state index contributed by atoms with van der Waals surface area (Å²) < 4.78 is 7.07. The molecule has 0 saturated heterocycles. The highest BCUT2D eigenvalue weighted by Gasteiger charge is 2.16. The van der Waals surface area contributed by atoms with Gasteiger partial charge >= 0.3 is 0 Å². The van der Waals surface area contributed by atoms with Crippen LogP contribution in [0.4, 0.5) is 5.69 Å². The molecule has 1 aromatic carbocycles. The van der Waals surface area contributed by atoms with Crippen molar-refractivity contribution in [3.63, 3.8) is 0 Å². The van der Waals surface area contributed by atoms with Gasteiger partial charge in [-0.25, -0.2) is 0 Å². The zero-order chi connectivity index (χ0) is 14.0. The first-order valence-electron chi connectivity index (χ1n) is 6.17. The van der Waals surface area contributed by atoms with Gasteiger partial charge in [-0.05, 0) is 24.1 Å². The molecule has 0 saturated carbocycles. The van der Waals surface area contributed by atoms with Crippen molar-refractivity contribution in [2.75, 3.05) is 12.8 Å². The van der Waals surface area contributed by atoms with Crippen molar-refractivity contribution in [2.45, 2.75) is 29.7 Å². The van der Waals surface area contributed by atoms with Gasteiger partial charge in [0.25, 0.3) is 0 Å². The van der Waals surface area contributed by atoms with Gasteiger partial charge in [0.15, 0.2) is 0 Å². The van der Waals surface area contributed by atoms with E-state index >= 15 is 0 Å². The molecule has 0 atom stereocenters. The predicted octanol–water partition coefficient (Wildman–Crippen LogP) is 3.29. The van der Waals surface area contributed by atoms with E-state index in [1.165, 1.54) is 0 Å². The van der Waals surface area contributed by atoms with E-state index in [2.05, 4.69) is 18.9 Å². The Bertz CT molecular complexity index is 578. The number of hydrogen-bond donors (Lipinski definition) is 1. The summed E-state index contributed by atoms with van der Waals surface area (Å²) in [5.41, 5.74) is 7.91. The monoisotopic (exact) mass is 277 g/mol. The molecule has 2 rings (SSSR count). The quantitative estimate of drug-likeness (QED) is 0.931. The lowest BCUT2D eigenvalue weighted by Crippen LogP contribution is -1.94. The first-order valence-corrected chi connectivity index (χ1v) is 6.98. The third-order valence-corrected chi connectivity index (χ3v) is 4.03. The Kier molecular flexibility index (Phi) is 4.04. The summed E-state index contributed by atoms with van der Waals surface area (Å²) in [6, 6.07) is 7.92. The fraction of sp³-hybridized carbons (Fsp3) is 0.357. The molecule has 0 bridgehead atoms. The molecule has 0 aliphatic heterocycles. The van der Waals surface area contributed by atoms with Crippen molar-refractivity contribution in [3.8, 4) is 5.75 Å². The number of ether oxygens (including phenoxy) is 1. The smallest absolute Gasteiger partial charge is 0.122 e. The highest BCUT2D eigenvalue weighted by Crippen LogP contribution is 2.36. The molecule has 102 valence electrons. The van der Waals surface area contributed by atoms with Crippen molar-refractivity contribution < 1.29 is 4.74 Å². The molecule has 0 aliphatic rings. The fourth-order valence-electron chi connectivity index (χ4n) is 1.87. The second-order valence-electron chi connectivity index (χ2n) is 4.66. The first kappa shape index (κ1) is 13.8. The Morgan fingerprint density at radius 2 is 2.11 bits per heavy atom. The molecule has 4 nitrogen and oxygen atoms in total. The third-order valence-electron chi connectivity index (χ3n) is 2.86. The van der Waals surface area contributed by atoms with Crippen LogP contribution >= 0.6 is 11.8 Å². The van der Waals surface area contributed by atoms with Crippen LogP contribution in [-0.2, 0) is 7.05 Å². The number of methoxy groups -OCH3 is 1. The third kappa shape index (κ3) is 2.87. The van der Waals surface area contributed by atoms with Crippen LogP contribution in [0.1, 0.15) is 25.5 Å². The summed E-state index contributed by atoms with van der Waals surface area (Å²) in [5, 5.41) is 5.46. The molecular formula is C14H19N3OS. The van der Waals surface area contributed by atoms with Gasteiger partial charge in [0.1, 0.15) is 10.8 Å². The van der Waals surface area contributed by atoms with Gasteiger partial charge in [0, 0.05) is 11.9 Å². The summed E-state index contributed by atoms with van der Waals surface area (Å²) in [6.45, 7) is 4.19. The summed E-state index contributed by atoms with van der Waals surface area (Å²) in [7, 11) is 3.59. The number of nitrogen functional groups attached to an aromatic ring is 1. The Balaban J connectivity index is 2.32. The molecule has 0 spiro atoms. The number of aryl methyl sites for hydroxylation is 1. The minimum atomic E-state index is 0.325. The Labute approximate surface area is 117 Å². The summed E-state index contributed by atoms with van der Waals surface area (Å²) in [6.07, 6.45) is 0. The molecule has 5 heteroatoms. The van der Waals surface area contributed by atoms with Gasteiger partial charge in [-0.3, -0.25) is 4.68 Å². The van der Waals surface area contributed by atoms with Gasteiger partial charge < -0.3 is 10.5 Å². The lowest BCUT2D eigenvalue weighted by molar-refractivity contribution is 0.413. The molecule has 0 amide bonds. The van der Waals surface area contributed by atoms with E-state index in [4.69, 9.17) is 10.5 Å². The van der Waals surface area contributed by atoms with E-state index in [9.17, 15) is 0 Å². The molecule has 1 aromatic heterocycles. The highest BCUT2D eigenvalue weighted by atomic mass is 32.2. The summed E-state index contributed by atoms with van der Waals surface area (Å²) >= 11 is 1.60. The van der Waals surface area contributed by atoms with Crippen LogP contribution in [0, 0.1) is 0 Å². The number of nitrogens with zero attached hydrogens (tertiary/aromatic N) is 2. The lowest BCUT2D eigenvalue weighted by atomic mass is 10.1. The first-order chi connectivity index (χ1) is 9.02. The van der Waals surface area contributed by atoms with Crippen LogP contribution in [0.5, 0.6) is 5.75 Å². The van der Waals surface area contributed by atoms with Gasteiger partial charge in [0.05, 0.1) is 18.5 Å². The second kappa shape index (κ2) is 5.57. The zero-order valence-corrected chi connectivity index (χ0v) is 12.5. The maximum absolute atomic E-state index is 6.19. The number of hydrogen-bond acceptors (Lipinski definition) is 4. The van der Waals surface area contributed by atoms with Crippen molar-refractivity contribution in [2.24, 2.45) is 7.05 Å². The maximum atomic E-state index is 6.19. The second-order valence-corrected chi connectivity index (χ2v) is 5.73. The van der Waals surface area contributed by atoms with E-state index < -0.39 is 0 Å². The number of aromatic nitrogens is 2. The van der Waals surface area contributed by atoms with E-state index in [-0.39, 0.29) is 0 Å². The van der Waals surface area contributed by atoms with Crippen LogP contribution in [0.3, 0.4) is 0 Å². The van der Waals surface area contributed by atoms with Crippen LogP contribution in [0.2, 0.25) is 0 Å². The van der Waals surface area contributed by atoms with E-state index in [0.717, 1.165) is 27.1 Å². The van der Waals surface area contributed by atoms with Crippen LogP contribution in [0.15, 0.2) is 34.2 Å². The Morgan fingerprint density at radius 1 is 1.37 bits per heavy atom. The molecular weight excluding hydrogens is 258 g/mol. The maximum Gasteiger partial charge on any atom is 0.122 e. The van der Waals surface area contributed by atoms with Gasteiger partial charge in [-0.1, -0.05) is 31.7 Å². The largest absolute Gasteiger partial charge is 0.497 e. The predicted molar refractivity (Wildman–Crippen MR) is 78.8 cm³/mol. The van der Waals surface area contributed by atoms with Crippen LogP contribution < -0.4 is 10.5 Å². The van der Waals surface area contributed by atoms with Crippen LogP contribution in [-0.4, -0.2) is 16.9 Å².